The van der Waals surface area contributed by atoms with Gasteiger partial charge in [-0.15, -0.1) is 0 Å². The van der Waals surface area contributed by atoms with E-state index in [-0.39, 0.29) is 11.9 Å². The molecule has 2 heterocycles. The molecule has 1 amide bonds. The van der Waals surface area contributed by atoms with Crippen LogP contribution in [0.15, 0.2) is 12.4 Å². The summed E-state index contributed by atoms with van der Waals surface area (Å²) in [7, 11) is 1.84. The summed E-state index contributed by atoms with van der Waals surface area (Å²) < 4.78 is 0. The highest BCUT2D eigenvalue weighted by Crippen LogP contribution is 2.11. The molecule has 100 valence electrons. The molecular formula is C13H22N4O. The summed E-state index contributed by atoms with van der Waals surface area (Å²) in [5.74, 6) is 1.00. The molecule has 1 aromatic rings. The van der Waals surface area contributed by atoms with Crippen LogP contribution < -0.4 is 5.32 Å². The van der Waals surface area contributed by atoms with Crippen molar-refractivity contribution in [2.75, 3.05) is 13.6 Å². The van der Waals surface area contributed by atoms with Gasteiger partial charge in [-0.3, -0.25) is 4.79 Å². The van der Waals surface area contributed by atoms with Gasteiger partial charge in [0.1, 0.15) is 5.82 Å². The van der Waals surface area contributed by atoms with Crippen molar-refractivity contribution < 1.29 is 4.79 Å². The average molecular weight is 250 g/mol. The number of rotatable bonds is 3. The SMILES string of the molecule is CN(Cc1ncc[nH]1)C(=O)C1CCCCCCN1. The number of nitrogens with one attached hydrogen (secondary N) is 2. The molecule has 1 atom stereocenters. The topological polar surface area (TPSA) is 61.0 Å². The van der Waals surface area contributed by atoms with Gasteiger partial charge in [0.05, 0.1) is 12.6 Å². The number of carbonyl (C=O) groups is 1. The molecule has 1 saturated heterocycles. The van der Waals surface area contributed by atoms with Crippen molar-refractivity contribution in [2.45, 2.75) is 44.7 Å². The van der Waals surface area contributed by atoms with Crippen molar-refractivity contribution in [3.8, 4) is 0 Å². The lowest BCUT2D eigenvalue weighted by Gasteiger charge is -2.25. The molecule has 0 spiro atoms. The molecule has 1 aliphatic heterocycles. The van der Waals surface area contributed by atoms with Gasteiger partial charge in [0.25, 0.3) is 0 Å². The number of aromatic amines is 1. The van der Waals surface area contributed by atoms with E-state index in [1.165, 1.54) is 19.3 Å². The standard InChI is InChI=1S/C13H22N4O/c1-17(10-12-15-8-9-16-12)13(18)11-6-4-2-3-5-7-14-11/h8-9,11,14H,2-7,10H2,1H3,(H,15,16). The second-order valence-corrected chi connectivity index (χ2v) is 4.94. The predicted octanol–water partition coefficient (Wildman–Crippen LogP) is 1.29. The second-order valence-electron chi connectivity index (χ2n) is 4.94. The monoisotopic (exact) mass is 250 g/mol. The first kappa shape index (κ1) is 13.1. The minimum atomic E-state index is -0.0229. The van der Waals surface area contributed by atoms with Crippen LogP contribution >= 0.6 is 0 Å². The molecule has 5 heteroatoms. The van der Waals surface area contributed by atoms with Crippen molar-refractivity contribution in [3.05, 3.63) is 18.2 Å². The summed E-state index contributed by atoms with van der Waals surface area (Å²) in [6, 6.07) is -0.0229. The van der Waals surface area contributed by atoms with E-state index in [0.29, 0.717) is 6.54 Å². The van der Waals surface area contributed by atoms with Crippen LogP contribution in [0.4, 0.5) is 0 Å². The summed E-state index contributed by atoms with van der Waals surface area (Å²) in [6.07, 6.45) is 9.26. The largest absolute Gasteiger partial charge is 0.347 e. The third kappa shape index (κ3) is 3.57. The van der Waals surface area contributed by atoms with E-state index in [0.717, 1.165) is 25.2 Å². The van der Waals surface area contributed by atoms with Gasteiger partial charge in [-0.1, -0.05) is 19.3 Å². The molecule has 1 aliphatic rings. The summed E-state index contributed by atoms with van der Waals surface area (Å²) >= 11 is 0. The van der Waals surface area contributed by atoms with Crippen LogP contribution in [0.2, 0.25) is 0 Å². The number of imidazole rings is 1. The number of aromatic nitrogens is 2. The Morgan fingerprint density at radius 2 is 2.28 bits per heavy atom. The fraction of sp³-hybridized carbons (Fsp3) is 0.692. The lowest BCUT2D eigenvalue weighted by molar-refractivity contribution is -0.133. The highest BCUT2D eigenvalue weighted by Gasteiger charge is 2.22. The van der Waals surface area contributed by atoms with Gasteiger partial charge in [-0.05, 0) is 19.4 Å². The van der Waals surface area contributed by atoms with Crippen molar-refractivity contribution in [1.29, 1.82) is 0 Å². The third-order valence-corrected chi connectivity index (χ3v) is 3.43. The van der Waals surface area contributed by atoms with Crippen molar-refractivity contribution in [2.24, 2.45) is 0 Å². The van der Waals surface area contributed by atoms with Crippen molar-refractivity contribution >= 4 is 5.91 Å². The normalized spacial score (nSPS) is 21.1. The van der Waals surface area contributed by atoms with E-state index < -0.39 is 0 Å². The molecule has 5 nitrogen and oxygen atoms in total. The summed E-state index contributed by atoms with van der Waals surface area (Å²) in [4.78, 5) is 21.2. The molecule has 0 saturated carbocycles. The number of carbonyl (C=O) groups excluding carboxylic acids is 1. The average Bonchev–Trinajstić information content (AvgIpc) is 2.80. The van der Waals surface area contributed by atoms with Crippen LogP contribution in [0.3, 0.4) is 0 Å². The zero-order valence-corrected chi connectivity index (χ0v) is 11.0. The lowest BCUT2D eigenvalue weighted by atomic mass is 10.0. The van der Waals surface area contributed by atoms with Crippen LogP contribution in [0.1, 0.15) is 37.9 Å². The summed E-state index contributed by atoms with van der Waals surface area (Å²) in [5, 5.41) is 3.36. The van der Waals surface area contributed by atoms with E-state index in [9.17, 15) is 4.79 Å². The van der Waals surface area contributed by atoms with E-state index in [1.54, 1.807) is 17.3 Å². The third-order valence-electron chi connectivity index (χ3n) is 3.43. The van der Waals surface area contributed by atoms with Crippen LogP contribution in [-0.4, -0.2) is 40.4 Å². The van der Waals surface area contributed by atoms with Gasteiger partial charge in [0, 0.05) is 19.4 Å². The van der Waals surface area contributed by atoms with E-state index in [4.69, 9.17) is 0 Å². The molecule has 2 N–H and O–H groups in total. The molecule has 1 aromatic heterocycles. The number of hydrogen-bond donors (Lipinski definition) is 2. The highest BCUT2D eigenvalue weighted by atomic mass is 16.2. The molecule has 0 aromatic carbocycles. The molecule has 0 aliphatic carbocycles. The Kier molecular flexibility index (Phi) is 4.75. The van der Waals surface area contributed by atoms with Gasteiger partial charge >= 0.3 is 0 Å². The smallest absolute Gasteiger partial charge is 0.239 e. The molecule has 0 bridgehead atoms. The van der Waals surface area contributed by atoms with Crippen molar-refractivity contribution in [1.82, 2.24) is 20.2 Å². The summed E-state index contributed by atoms with van der Waals surface area (Å²) in [5.41, 5.74) is 0. The number of amides is 1. The zero-order valence-electron chi connectivity index (χ0n) is 11.0. The number of nitrogens with zero attached hydrogens (tertiary/aromatic N) is 2. The summed E-state index contributed by atoms with van der Waals surface area (Å²) in [6.45, 7) is 1.50. The maximum Gasteiger partial charge on any atom is 0.239 e. The minimum Gasteiger partial charge on any atom is -0.347 e. The van der Waals surface area contributed by atoms with E-state index in [2.05, 4.69) is 15.3 Å². The first-order valence-corrected chi connectivity index (χ1v) is 6.74. The number of H-pyrrole nitrogens is 1. The molecule has 0 radical (unpaired) electrons. The molecule has 18 heavy (non-hydrogen) atoms. The lowest BCUT2D eigenvalue weighted by Crippen LogP contribution is -2.45. The van der Waals surface area contributed by atoms with Gasteiger partial charge in [0.2, 0.25) is 5.91 Å². The minimum absolute atomic E-state index is 0.0229. The quantitative estimate of drug-likeness (QED) is 0.850. The van der Waals surface area contributed by atoms with Gasteiger partial charge < -0.3 is 15.2 Å². The zero-order chi connectivity index (χ0) is 12.8. The molecule has 2 rings (SSSR count). The Bertz CT molecular complexity index is 355. The Morgan fingerprint density at radius 3 is 3.06 bits per heavy atom. The Labute approximate surface area is 108 Å². The van der Waals surface area contributed by atoms with Crippen LogP contribution in [0, 0.1) is 0 Å². The van der Waals surface area contributed by atoms with Gasteiger partial charge in [-0.25, -0.2) is 4.98 Å². The predicted molar refractivity (Wildman–Crippen MR) is 69.9 cm³/mol. The van der Waals surface area contributed by atoms with Gasteiger partial charge in [-0.2, -0.15) is 0 Å². The molecular weight excluding hydrogens is 228 g/mol. The van der Waals surface area contributed by atoms with E-state index in [1.807, 2.05) is 7.05 Å². The second kappa shape index (κ2) is 6.54. The molecule has 1 fully saturated rings. The molecule has 1 unspecified atom stereocenters. The van der Waals surface area contributed by atoms with Gasteiger partial charge in [0.15, 0.2) is 0 Å². The maximum atomic E-state index is 12.3. The van der Waals surface area contributed by atoms with Crippen molar-refractivity contribution in [3.63, 3.8) is 0 Å². The van der Waals surface area contributed by atoms with Crippen LogP contribution in [0.5, 0.6) is 0 Å². The fourth-order valence-electron chi connectivity index (χ4n) is 2.37. The van der Waals surface area contributed by atoms with Crippen LogP contribution in [-0.2, 0) is 11.3 Å². The highest BCUT2D eigenvalue weighted by molar-refractivity contribution is 5.81. The number of hydrogen-bond acceptors (Lipinski definition) is 3. The first-order chi connectivity index (χ1) is 8.77. The Morgan fingerprint density at radius 1 is 1.44 bits per heavy atom. The first-order valence-electron chi connectivity index (χ1n) is 6.74. The maximum absolute atomic E-state index is 12.3. The van der Waals surface area contributed by atoms with E-state index >= 15 is 0 Å². The Balaban J connectivity index is 1.87. The van der Waals surface area contributed by atoms with Crippen LogP contribution in [0.25, 0.3) is 0 Å². The fourth-order valence-corrected chi connectivity index (χ4v) is 2.37. The number of likely N-dealkylation sites (N-methyl/N-ethyl adjacent to an activating group) is 1. The Hall–Kier alpha value is -1.36.